The van der Waals surface area contributed by atoms with E-state index in [1.54, 1.807) is 12.3 Å². The Bertz CT molecular complexity index is 155. The van der Waals surface area contributed by atoms with Crippen molar-refractivity contribution in [3.8, 4) is 0 Å². The highest BCUT2D eigenvalue weighted by atomic mass is 16.7. The summed E-state index contributed by atoms with van der Waals surface area (Å²) in [4.78, 5) is 9.99. The molecule has 0 aromatic rings. The Morgan fingerprint density at radius 2 is 2.60 bits per heavy atom. The zero-order valence-electron chi connectivity index (χ0n) is 5.41. The lowest BCUT2D eigenvalue weighted by Crippen LogP contribution is -2.24. The van der Waals surface area contributed by atoms with Gasteiger partial charge in [0.2, 0.25) is 0 Å². The lowest BCUT2D eigenvalue weighted by atomic mass is 10.2. The topological polar surface area (TPSA) is 58.6 Å². The number of carbonyl (C=O) groups is 1. The molecule has 1 rings (SSSR count). The Morgan fingerprint density at radius 1 is 1.80 bits per heavy atom. The molecule has 0 amide bonds. The second-order valence-electron chi connectivity index (χ2n) is 2.02. The Labute approximate surface area is 58.5 Å². The third-order valence-corrected chi connectivity index (χ3v) is 1.25. The standard InChI is InChI=1S/C6H9NO3/c8-6(9)10-5-1-3-7-4-2-5/h1,3,5,7H,2,4H2,(H,8,9). The molecule has 0 radical (unpaired) electrons. The lowest BCUT2D eigenvalue weighted by Gasteiger charge is -2.15. The largest absolute Gasteiger partial charge is 0.506 e. The molecule has 56 valence electrons. The quantitative estimate of drug-likeness (QED) is 0.526. The van der Waals surface area contributed by atoms with Crippen LogP contribution in [-0.4, -0.2) is 23.9 Å². The van der Waals surface area contributed by atoms with Gasteiger partial charge in [0.25, 0.3) is 0 Å². The van der Waals surface area contributed by atoms with Crippen LogP contribution in [-0.2, 0) is 4.74 Å². The summed E-state index contributed by atoms with van der Waals surface area (Å²) in [6.07, 6.45) is 2.63. The molecular weight excluding hydrogens is 134 g/mol. The highest BCUT2D eigenvalue weighted by Gasteiger charge is 2.11. The van der Waals surface area contributed by atoms with E-state index in [-0.39, 0.29) is 6.10 Å². The third kappa shape index (κ3) is 1.97. The summed E-state index contributed by atoms with van der Waals surface area (Å²) in [7, 11) is 0. The van der Waals surface area contributed by atoms with Crippen LogP contribution < -0.4 is 5.32 Å². The molecule has 0 saturated heterocycles. The van der Waals surface area contributed by atoms with Crippen molar-refractivity contribution in [3.63, 3.8) is 0 Å². The number of carboxylic acid groups (broad SMARTS) is 1. The van der Waals surface area contributed by atoms with E-state index in [0.29, 0.717) is 6.42 Å². The summed E-state index contributed by atoms with van der Waals surface area (Å²) < 4.78 is 4.48. The smallest absolute Gasteiger partial charge is 0.450 e. The molecule has 0 spiro atoms. The molecular formula is C6H9NO3. The third-order valence-electron chi connectivity index (χ3n) is 1.25. The van der Waals surface area contributed by atoms with Crippen molar-refractivity contribution in [1.29, 1.82) is 0 Å². The number of rotatable bonds is 1. The van der Waals surface area contributed by atoms with Gasteiger partial charge in [-0.25, -0.2) is 4.79 Å². The van der Waals surface area contributed by atoms with E-state index >= 15 is 0 Å². The SMILES string of the molecule is O=C(O)OC1C=CNCC1. The lowest BCUT2D eigenvalue weighted by molar-refractivity contribution is 0.0650. The summed E-state index contributed by atoms with van der Waals surface area (Å²) in [5.41, 5.74) is 0. The Hall–Kier alpha value is -1.19. The molecule has 10 heavy (non-hydrogen) atoms. The van der Waals surface area contributed by atoms with E-state index in [2.05, 4.69) is 10.1 Å². The van der Waals surface area contributed by atoms with Gasteiger partial charge in [-0.2, -0.15) is 0 Å². The van der Waals surface area contributed by atoms with E-state index in [0.717, 1.165) is 6.54 Å². The minimum atomic E-state index is -1.21. The van der Waals surface area contributed by atoms with Crippen molar-refractivity contribution in [1.82, 2.24) is 5.32 Å². The van der Waals surface area contributed by atoms with Gasteiger partial charge < -0.3 is 15.2 Å². The predicted molar refractivity (Wildman–Crippen MR) is 34.7 cm³/mol. The van der Waals surface area contributed by atoms with Crippen LogP contribution in [0.4, 0.5) is 4.79 Å². The minimum Gasteiger partial charge on any atom is -0.450 e. The fourth-order valence-corrected chi connectivity index (χ4v) is 0.808. The van der Waals surface area contributed by atoms with Gasteiger partial charge in [-0.15, -0.1) is 0 Å². The van der Waals surface area contributed by atoms with E-state index in [9.17, 15) is 4.79 Å². The van der Waals surface area contributed by atoms with Crippen molar-refractivity contribution < 1.29 is 14.6 Å². The molecule has 0 aliphatic carbocycles. The first-order valence-electron chi connectivity index (χ1n) is 3.08. The minimum absolute atomic E-state index is 0.265. The summed E-state index contributed by atoms with van der Waals surface area (Å²) >= 11 is 0. The average molecular weight is 143 g/mol. The summed E-state index contributed by atoms with van der Waals surface area (Å²) in [5.74, 6) is 0. The van der Waals surface area contributed by atoms with Crippen molar-refractivity contribution in [2.24, 2.45) is 0 Å². The van der Waals surface area contributed by atoms with Gasteiger partial charge >= 0.3 is 6.16 Å². The van der Waals surface area contributed by atoms with Gasteiger partial charge in [0.05, 0.1) is 0 Å². The van der Waals surface area contributed by atoms with Crippen LogP contribution in [0.25, 0.3) is 0 Å². The molecule has 0 bridgehead atoms. The van der Waals surface area contributed by atoms with E-state index < -0.39 is 6.16 Å². The predicted octanol–water partition coefficient (Wildman–Crippen LogP) is 0.557. The van der Waals surface area contributed by atoms with Gasteiger partial charge in [0.1, 0.15) is 6.10 Å². The van der Waals surface area contributed by atoms with Crippen molar-refractivity contribution >= 4 is 6.16 Å². The molecule has 1 aliphatic rings. The van der Waals surface area contributed by atoms with Crippen LogP contribution in [0.1, 0.15) is 6.42 Å². The molecule has 1 aliphatic heterocycles. The zero-order chi connectivity index (χ0) is 7.40. The van der Waals surface area contributed by atoms with Crippen LogP contribution in [0.3, 0.4) is 0 Å². The fraction of sp³-hybridized carbons (Fsp3) is 0.500. The van der Waals surface area contributed by atoms with Crippen molar-refractivity contribution in [3.05, 3.63) is 12.3 Å². The number of hydrogen-bond acceptors (Lipinski definition) is 3. The molecule has 0 saturated carbocycles. The highest BCUT2D eigenvalue weighted by molar-refractivity contribution is 5.57. The number of nitrogens with one attached hydrogen (secondary N) is 1. The van der Waals surface area contributed by atoms with Gasteiger partial charge in [-0.3, -0.25) is 0 Å². The summed E-state index contributed by atoms with van der Waals surface area (Å²) in [5, 5.41) is 11.1. The first-order valence-corrected chi connectivity index (χ1v) is 3.08. The molecule has 2 N–H and O–H groups in total. The Balaban J connectivity index is 2.33. The van der Waals surface area contributed by atoms with Crippen molar-refractivity contribution in [2.75, 3.05) is 6.54 Å². The fourth-order valence-electron chi connectivity index (χ4n) is 0.808. The van der Waals surface area contributed by atoms with Crippen LogP contribution in [0.15, 0.2) is 12.3 Å². The number of ether oxygens (including phenoxy) is 1. The molecule has 4 heteroatoms. The van der Waals surface area contributed by atoms with Gasteiger partial charge in [-0.05, 0) is 12.3 Å². The molecule has 1 unspecified atom stereocenters. The van der Waals surface area contributed by atoms with E-state index in [1.807, 2.05) is 0 Å². The molecule has 1 heterocycles. The molecule has 0 aromatic heterocycles. The molecule has 1 atom stereocenters. The van der Waals surface area contributed by atoms with Crippen LogP contribution in [0, 0.1) is 0 Å². The normalized spacial score (nSPS) is 23.4. The zero-order valence-corrected chi connectivity index (χ0v) is 5.41. The molecule has 0 fully saturated rings. The van der Waals surface area contributed by atoms with Crippen LogP contribution in [0.5, 0.6) is 0 Å². The van der Waals surface area contributed by atoms with Crippen molar-refractivity contribution in [2.45, 2.75) is 12.5 Å². The van der Waals surface area contributed by atoms with E-state index in [4.69, 9.17) is 5.11 Å². The Kier molecular flexibility index (Phi) is 2.15. The van der Waals surface area contributed by atoms with E-state index in [1.165, 1.54) is 0 Å². The maximum atomic E-state index is 9.99. The highest BCUT2D eigenvalue weighted by Crippen LogP contribution is 2.02. The first-order chi connectivity index (χ1) is 4.79. The summed E-state index contributed by atoms with van der Waals surface area (Å²) in [6.45, 7) is 0.772. The number of hydrogen-bond donors (Lipinski definition) is 2. The average Bonchev–Trinajstić information content (AvgIpc) is 1.88. The van der Waals surface area contributed by atoms with Gasteiger partial charge in [0, 0.05) is 13.0 Å². The summed E-state index contributed by atoms with van der Waals surface area (Å²) in [6, 6.07) is 0. The van der Waals surface area contributed by atoms with Crippen LogP contribution in [0.2, 0.25) is 0 Å². The first kappa shape index (κ1) is 6.92. The second kappa shape index (κ2) is 3.10. The second-order valence-corrected chi connectivity index (χ2v) is 2.02. The molecule has 0 aromatic carbocycles. The Morgan fingerprint density at radius 3 is 3.10 bits per heavy atom. The van der Waals surface area contributed by atoms with Gasteiger partial charge in [0.15, 0.2) is 0 Å². The maximum Gasteiger partial charge on any atom is 0.506 e. The van der Waals surface area contributed by atoms with Gasteiger partial charge in [-0.1, -0.05) is 0 Å². The maximum absolute atomic E-state index is 9.99. The molecule has 4 nitrogen and oxygen atoms in total. The van der Waals surface area contributed by atoms with Crippen LogP contribution >= 0.6 is 0 Å². The monoisotopic (exact) mass is 143 g/mol.